The number of carbonyl (C=O) groups excluding carboxylic acids is 1. The molecule has 5 heterocycles. The van der Waals surface area contributed by atoms with Gasteiger partial charge in [-0.05, 0) is 36.9 Å². The fraction of sp³-hybridized carbons (Fsp3) is 0.609. The van der Waals surface area contributed by atoms with Crippen LogP contribution in [0.3, 0.4) is 0 Å². The first-order valence-electron chi connectivity index (χ1n) is 11.5. The van der Waals surface area contributed by atoms with E-state index in [9.17, 15) is 4.79 Å². The Morgan fingerprint density at radius 1 is 1.00 bits per heavy atom. The van der Waals surface area contributed by atoms with Crippen molar-refractivity contribution in [3.05, 3.63) is 29.3 Å². The summed E-state index contributed by atoms with van der Waals surface area (Å²) in [6, 6.07) is 4.87. The van der Waals surface area contributed by atoms with Crippen LogP contribution in [-0.4, -0.2) is 119 Å². The first-order valence-corrected chi connectivity index (χ1v) is 12.9. The second-order valence-corrected chi connectivity index (χ2v) is 10.8. The lowest BCUT2D eigenvalue weighted by atomic mass is 9.53. The van der Waals surface area contributed by atoms with E-state index in [0.717, 1.165) is 30.9 Å². The molecule has 6 aliphatic rings. The van der Waals surface area contributed by atoms with Crippen LogP contribution in [0.2, 0.25) is 0 Å². The van der Waals surface area contributed by atoms with E-state index in [1.807, 2.05) is 6.07 Å². The number of piperidine rings is 2. The summed E-state index contributed by atoms with van der Waals surface area (Å²) in [6.07, 6.45) is 5.11. The van der Waals surface area contributed by atoms with Gasteiger partial charge in [-0.2, -0.15) is 8.42 Å². The average molecular weight is 619 g/mol. The Bertz CT molecular complexity index is 1200. The lowest BCUT2D eigenvalue weighted by Crippen LogP contribution is -2.69. The van der Waals surface area contributed by atoms with Crippen molar-refractivity contribution in [1.29, 1.82) is 0 Å². The van der Waals surface area contributed by atoms with E-state index < -0.39 is 10.4 Å². The topological polar surface area (TPSA) is 346 Å². The predicted molar refractivity (Wildman–Crippen MR) is 146 cm³/mol. The fourth-order valence-corrected chi connectivity index (χ4v) is 7.87. The molecule has 6 atom stereocenters. The maximum Gasteiger partial charge on any atom is 0.394 e. The summed E-state index contributed by atoms with van der Waals surface area (Å²) in [5.41, 5.74) is 3.85. The molecular weight excluding hydrogens is 576 g/mol. The molecule has 1 aromatic carbocycles. The maximum atomic E-state index is 13.5. The second kappa shape index (κ2) is 13.7. The lowest BCUT2D eigenvalue weighted by molar-refractivity contribution is -0.132. The van der Waals surface area contributed by atoms with Crippen molar-refractivity contribution in [1.82, 2.24) is 4.90 Å². The molecule has 5 aliphatic heterocycles. The normalized spacial score (nSPS) is 30.4. The fourth-order valence-electron chi connectivity index (χ4n) is 7.87. The van der Waals surface area contributed by atoms with Gasteiger partial charge in [0.1, 0.15) is 0 Å². The van der Waals surface area contributed by atoms with Crippen molar-refractivity contribution in [2.75, 3.05) is 38.8 Å². The standard InChI is InChI=1S/C23H26N2O4.H2O4S.7H2O/c1-27-16-8-14-15(9-17(16)28-2)25-20(26)10-18-21-13-7-19-23(14,22(21)25)4-5-24(19)11-12(13)3-6-29-18;1-5(2,3)4;;;;;;;/h3,8-9,13,18-19,21-22H,4-7,10-11H2,1-2H3;(H2,1,2,3,4);7*1H2/t13-,18-,19+,21-,22+,23+;;;;;;;;/m0......../s1. The van der Waals surface area contributed by atoms with E-state index in [2.05, 4.69) is 21.9 Å². The number of hydrogen-bond acceptors (Lipinski definition) is 7. The summed E-state index contributed by atoms with van der Waals surface area (Å²) in [6.45, 7) is 2.80. The molecule has 1 spiro atoms. The van der Waals surface area contributed by atoms with Gasteiger partial charge in [-0.3, -0.25) is 18.8 Å². The molecule has 18 heteroatoms. The van der Waals surface area contributed by atoms with Gasteiger partial charge in [0.25, 0.3) is 0 Å². The van der Waals surface area contributed by atoms with Crippen LogP contribution in [0.1, 0.15) is 24.8 Å². The highest BCUT2D eigenvalue weighted by molar-refractivity contribution is 7.79. The van der Waals surface area contributed by atoms with Gasteiger partial charge in [-0.1, -0.05) is 11.6 Å². The Morgan fingerprint density at radius 2 is 1.59 bits per heavy atom. The zero-order chi connectivity index (χ0) is 24.0. The van der Waals surface area contributed by atoms with Crippen molar-refractivity contribution in [2.45, 2.75) is 42.9 Å². The van der Waals surface area contributed by atoms with Crippen LogP contribution >= 0.6 is 0 Å². The largest absolute Gasteiger partial charge is 0.493 e. The van der Waals surface area contributed by atoms with Crippen molar-refractivity contribution < 1.29 is 74.9 Å². The number of rotatable bonds is 2. The van der Waals surface area contributed by atoms with E-state index >= 15 is 0 Å². The molecule has 0 unspecified atom stereocenters. The molecule has 41 heavy (non-hydrogen) atoms. The Morgan fingerprint density at radius 3 is 2.17 bits per heavy atom. The molecule has 4 fully saturated rings. The highest BCUT2D eigenvalue weighted by atomic mass is 32.3. The van der Waals surface area contributed by atoms with Crippen LogP contribution in [0.15, 0.2) is 23.8 Å². The van der Waals surface area contributed by atoms with Gasteiger partial charge in [0.2, 0.25) is 5.91 Å². The average Bonchev–Trinajstić information content (AvgIpc) is 3.24. The molecular formula is C23H42N2O15S. The van der Waals surface area contributed by atoms with Crippen molar-refractivity contribution in [2.24, 2.45) is 11.8 Å². The Hall–Kier alpha value is -2.46. The van der Waals surface area contributed by atoms with Crippen LogP contribution in [0.4, 0.5) is 5.69 Å². The number of benzene rings is 1. The molecule has 16 N–H and O–H groups in total. The van der Waals surface area contributed by atoms with Gasteiger partial charge in [0, 0.05) is 30.0 Å². The molecule has 2 bridgehead atoms. The third-order valence-electron chi connectivity index (χ3n) is 8.81. The van der Waals surface area contributed by atoms with Gasteiger partial charge in [-0.25, -0.2) is 0 Å². The van der Waals surface area contributed by atoms with Gasteiger partial charge in [-0.15, -0.1) is 0 Å². The highest BCUT2D eigenvalue weighted by Crippen LogP contribution is 2.66. The molecule has 1 amide bonds. The number of fused-ring (bicyclic) bond motifs is 2. The molecule has 7 rings (SSSR count). The number of hydrogen-bond donors (Lipinski definition) is 2. The van der Waals surface area contributed by atoms with Gasteiger partial charge in [0.15, 0.2) is 11.5 Å². The SMILES string of the molecule is COc1cc2c(cc1OC)[C@@]13CCN4CC5=CCO[C@H]6CC(=O)N2[C@@H]1[C@H]6[C@H]5C[C@@H]43.O.O.O.O.O.O.O.O=S(=O)(O)O. The first kappa shape index (κ1) is 40.7. The summed E-state index contributed by atoms with van der Waals surface area (Å²) >= 11 is 0. The summed E-state index contributed by atoms with van der Waals surface area (Å²) in [4.78, 5) is 18.3. The van der Waals surface area contributed by atoms with Crippen molar-refractivity contribution >= 4 is 22.0 Å². The molecule has 1 aromatic rings. The quantitative estimate of drug-likeness (QED) is 0.238. The molecule has 0 aromatic heterocycles. The van der Waals surface area contributed by atoms with E-state index in [0.29, 0.717) is 36.7 Å². The van der Waals surface area contributed by atoms with Crippen LogP contribution in [0.25, 0.3) is 0 Å². The van der Waals surface area contributed by atoms with Gasteiger partial charge < -0.3 is 57.4 Å². The van der Waals surface area contributed by atoms with E-state index in [1.54, 1.807) is 19.8 Å². The number of methoxy groups -OCH3 is 2. The zero-order valence-corrected chi connectivity index (χ0v) is 23.3. The number of nitrogens with zero attached hydrogens (tertiary/aromatic N) is 2. The minimum Gasteiger partial charge on any atom is -0.493 e. The molecule has 240 valence electrons. The van der Waals surface area contributed by atoms with Crippen molar-refractivity contribution in [3.63, 3.8) is 0 Å². The van der Waals surface area contributed by atoms with Gasteiger partial charge in [0.05, 0.1) is 45.1 Å². The Labute approximate surface area is 236 Å². The summed E-state index contributed by atoms with van der Waals surface area (Å²) in [5.74, 6) is 2.57. The molecule has 0 radical (unpaired) electrons. The maximum absolute atomic E-state index is 13.5. The number of anilines is 1. The van der Waals surface area contributed by atoms with Crippen LogP contribution in [-0.2, 0) is 25.3 Å². The smallest absolute Gasteiger partial charge is 0.394 e. The highest BCUT2D eigenvalue weighted by Gasteiger charge is 2.71. The number of carbonyl (C=O) groups is 1. The molecule has 3 saturated heterocycles. The minimum absolute atomic E-state index is 0. The van der Waals surface area contributed by atoms with Gasteiger partial charge >= 0.3 is 10.4 Å². The van der Waals surface area contributed by atoms with Crippen LogP contribution < -0.4 is 14.4 Å². The molecule has 1 saturated carbocycles. The van der Waals surface area contributed by atoms with E-state index in [4.69, 9.17) is 31.7 Å². The predicted octanol–water partition coefficient (Wildman–Crippen LogP) is -4.32. The first-order chi connectivity index (χ1) is 16.2. The Kier molecular flexibility index (Phi) is 13.6. The number of amides is 1. The Balaban J connectivity index is 0. The second-order valence-electron chi connectivity index (χ2n) is 9.93. The lowest BCUT2D eigenvalue weighted by Gasteiger charge is -2.58. The third-order valence-corrected chi connectivity index (χ3v) is 8.81. The summed E-state index contributed by atoms with van der Waals surface area (Å²) in [5, 5.41) is 0. The van der Waals surface area contributed by atoms with E-state index in [1.165, 1.54) is 12.0 Å². The van der Waals surface area contributed by atoms with Crippen molar-refractivity contribution in [3.8, 4) is 11.5 Å². The zero-order valence-electron chi connectivity index (χ0n) is 22.5. The summed E-state index contributed by atoms with van der Waals surface area (Å²) in [7, 11) is -1.31. The molecule has 1 aliphatic carbocycles. The third kappa shape index (κ3) is 5.66. The van der Waals surface area contributed by atoms with Crippen LogP contribution in [0, 0.1) is 11.8 Å². The summed E-state index contributed by atoms with van der Waals surface area (Å²) < 4.78 is 49.2. The van der Waals surface area contributed by atoms with E-state index in [-0.39, 0.29) is 61.8 Å². The monoisotopic (exact) mass is 618 g/mol. The molecule has 17 nitrogen and oxygen atoms in total. The minimum atomic E-state index is -4.67. The van der Waals surface area contributed by atoms with Crippen LogP contribution in [0.5, 0.6) is 11.5 Å². The number of ether oxygens (including phenoxy) is 3.